The van der Waals surface area contributed by atoms with E-state index in [0.29, 0.717) is 19.4 Å². The van der Waals surface area contributed by atoms with E-state index < -0.39 is 36.2 Å². The van der Waals surface area contributed by atoms with Gasteiger partial charge in [0.1, 0.15) is 12.6 Å². The fraction of sp³-hybridized carbons (Fsp3) is 0.364. The first-order valence-electron chi connectivity index (χ1n) is 14.2. The fourth-order valence-corrected chi connectivity index (χ4v) is 6.01. The number of piperidine rings is 1. The predicted octanol–water partition coefficient (Wildman–Crippen LogP) is 5.21. The monoisotopic (exact) mass is 556 g/mol. The van der Waals surface area contributed by atoms with Crippen molar-refractivity contribution in [1.29, 1.82) is 0 Å². The number of carbonyl (C=O) groups is 3. The van der Waals surface area contributed by atoms with Gasteiger partial charge < -0.3 is 24.8 Å². The molecule has 41 heavy (non-hydrogen) atoms. The van der Waals surface area contributed by atoms with Gasteiger partial charge in [-0.15, -0.1) is 0 Å². The van der Waals surface area contributed by atoms with E-state index in [9.17, 15) is 19.5 Å². The molecule has 0 spiro atoms. The molecule has 4 unspecified atom stereocenters. The molecule has 0 radical (unpaired) electrons. The fourth-order valence-electron chi connectivity index (χ4n) is 6.01. The molecule has 2 N–H and O–H groups in total. The van der Waals surface area contributed by atoms with Crippen LogP contribution in [0.3, 0.4) is 0 Å². The molecular weight excluding hydrogens is 520 g/mol. The first kappa shape index (κ1) is 28.4. The van der Waals surface area contributed by atoms with E-state index >= 15 is 0 Å². The van der Waals surface area contributed by atoms with Crippen molar-refractivity contribution < 1.29 is 29.0 Å². The molecule has 3 aromatic rings. The average Bonchev–Trinajstić information content (AvgIpc) is 3.31. The SMILES string of the molecule is CC(OCc1ccccc1)C(NC(=O)OCC1c2ccccc2-c2ccccc21)C(=O)N1CCCC(C(=O)O)C1C. The number of carboxylic acid groups (broad SMARTS) is 1. The lowest BCUT2D eigenvalue weighted by molar-refractivity contribution is -0.151. The molecule has 4 atom stereocenters. The molecule has 8 nitrogen and oxygen atoms in total. The Morgan fingerprint density at radius 1 is 0.951 bits per heavy atom. The number of hydrogen-bond acceptors (Lipinski definition) is 5. The molecule has 2 amide bonds. The maximum absolute atomic E-state index is 13.8. The number of nitrogens with one attached hydrogen (secondary N) is 1. The number of alkyl carbamates (subject to hydrolysis) is 1. The molecule has 1 saturated heterocycles. The van der Waals surface area contributed by atoms with Crippen molar-refractivity contribution in [2.45, 2.75) is 57.4 Å². The lowest BCUT2D eigenvalue weighted by Gasteiger charge is -2.40. The van der Waals surface area contributed by atoms with Crippen molar-refractivity contribution in [3.8, 4) is 11.1 Å². The summed E-state index contributed by atoms with van der Waals surface area (Å²) in [6, 6.07) is 24.2. The van der Waals surface area contributed by atoms with Crippen LogP contribution in [0.4, 0.5) is 4.79 Å². The standard InChI is InChI=1S/C33H36N2O6/c1-21-24(32(37)38)17-10-18-35(21)31(36)30(22(2)40-19-23-11-4-3-5-12-23)34-33(39)41-20-29-27-15-8-6-13-25(27)26-14-7-9-16-28(26)29/h3-9,11-16,21-22,24,29-30H,10,17-20H2,1-2H3,(H,34,39)(H,37,38). The van der Waals surface area contributed by atoms with Crippen LogP contribution in [-0.4, -0.2) is 59.3 Å². The number of likely N-dealkylation sites (tertiary alicyclic amines) is 1. The van der Waals surface area contributed by atoms with Gasteiger partial charge in [0.2, 0.25) is 5.91 Å². The molecule has 5 rings (SSSR count). The van der Waals surface area contributed by atoms with Crippen LogP contribution in [0, 0.1) is 5.92 Å². The Balaban J connectivity index is 1.31. The van der Waals surface area contributed by atoms with Gasteiger partial charge >= 0.3 is 12.1 Å². The second-order valence-corrected chi connectivity index (χ2v) is 10.8. The zero-order valence-electron chi connectivity index (χ0n) is 23.4. The normalized spacial score (nSPS) is 19.5. The predicted molar refractivity (Wildman–Crippen MR) is 154 cm³/mol. The van der Waals surface area contributed by atoms with E-state index in [2.05, 4.69) is 17.4 Å². The third-order valence-electron chi connectivity index (χ3n) is 8.30. The van der Waals surface area contributed by atoms with E-state index in [0.717, 1.165) is 27.8 Å². The molecule has 0 aromatic heterocycles. The van der Waals surface area contributed by atoms with Gasteiger partial charge in [0.25, 0.3) is 0 Å². The lowest BCUT2D eigenvalue weighted by atomic mass is 9.89. The number of hydrogen-bond donors (Lipinski definition) is 2. The zero-order valence-corrected chi connectivity index (χ0v) is 23.4. The number of ether oxygens (including phenoxy) is 2. The molecular formula is C33H36N2O6. The lowest BCUT2D eigenvalue weighted by Crippen LogP contribution is -2.59. The number of amides is 2. The zero-order chi connectivity index (χ0) is 28.9. The van der Waals surface area contributed by atoms with Crippen molar-refractivity contribution in [1.82, 2.24) is 10.2 Å². The number of nitrogens with zero attached hydrogens (tertiary/aromatic N) is 1. The molecule has 1 heterocycles. The number of fused-ring (bicyclic) bond motifs is 3. The molecule has 1 fully saturated rings. The topological polar surface area (TPSA) is 105 Å². The summed E-state index contributed by atoms with van der Waals surface area (Å²) in [5.74, 6) is -2.09. The van der Waals surface area contributed by atoms with Crippen LogP contribution in [0.25, 0.3) is 11.1 Å². The van der Waals surface area contributed by atoms with Crippen molar-refractivity contribution >= 4 is 18.0 Å². The molecule has 1 aliphatic carbocycles. The largest absolute Gasteiger partial charge is 0.481 e. The maximum Gasteiger partial charge on any atom is 0.407 e. The van der Waals surface area contributed by atoms with Gasteiger partial charge in [-0.1, -0.05) is 78.9 Å². The number of rotatable bonds is 9. The minimum Gasteiger partial charge on any atom is -0.481 e. The Labute approximate surface area is 240 Å². The molecule has 0 bridgehead atoms. The number of carbonyl (C=O) groups excluding carboxylic acids is 2. The van der Waals surface area contributed by atoms with Crippen LogP contribution in [-0.2, 0) is 25.7 Å². The van der Waals surface area contributed by atoms with Crippen molar-refractivity contribution in [2.75, 3.05) is 13.2 Å². The van der Waals surface area contributed by atoms with Crippen LogP contribution in [0.1, 0.15) is 49.3 Å². The molecule has 3 aromatic carbocycles. The molecule has 1 aliphatic heterocycles. The summed E-state index contributed by atoms with van der Waals surface area (Å²) in [4.78, 5) is 40.4. The number of aliphatic carboxylic acids is 1. The summed E-state index contributed by atoms with van der Waals surface area (Å²) < 4.78 is 11.8. The van der Waals surface area contributed by atoms with Gasteiger partial charge in [0, 0.05) is 18.5 Å². The second kappa shape index (κ2) is 12.6. The smallest absolute Gasteiger partial charge is 0.407 e. The highest BCUT2D eigenvalue weighted by Gasteiger charge is 2.40. The third kappa shape index (κ3) is 6.12. The minimum atomic E-state index is -1.05. The summed E-state index contributed by atoms with van der Waals surface area (Å²) in [6.45, 7) is 4.26. The highest BCUT2D eigenvalue weighted by molar-refractivity contribution is 5.87. The van der Waals surface area contributed by atoms with Crippen LogP contribution >= 0.6 is 0 Å². The van der Waals surface area contributed by atoms with Gasteiger partial charge in [0.15, 0.2) is 0 Å². The third-order valence-corrected chi connectivity index (χ3v) is 8.30. The van der Waals surface area contributed by atoms with E-state index in [1.807, 2.05) is 66.7 Å². The Morgan fingerprint density at radius 2 is 1.56 bits per heavy atom. The Kier molecular flexibility index (Phi) is 8.69. The highest BCUT2D eigenvalue weighted by atomic mass is 16.5. The molecule has 8 heteroatoms. The summed E-state index contributed by atoms with van der Waals surface area (Å²) in [5.41, 5.74) is 5.37. The average molecular weight is 557 g/mol. The molecule has 2 aliphatic rings. The molecule has 214 valence electrons. The molecule has 0 saturated carbocycles. The highest BCUT2D eigenvalue weighted by Crippen LogP contribution is 2.44. The van der Waals surface area contributed by atoms with Crippen molar-refractivity contribution in [2.24, 2.45) is 5.92 Å². The van der Waals surface area contributed by atoms with Gasteiger partial charge in [0.05, 0.1) is 18.6 Å². The van der Waals surface area contributed by atoms with Crippen molar-refractivity contribution in [3.05, 3.63) is 95.6 Å². The van der Waals surface area contributed by atoms with Gasteiger partial charge in [-0.25, -0.2) is 4.79 Å². The Morgan fingerprint density at radius 3 is 2.20 bits per heavy atom. The Bertz CT molecular complexity index is 1350. The van der Waals surface area contributed by atoms with Gasteiger partial charge in [-0.2, -0.15) is 0 Å². The van der Waals surface area contributed by atoms with Crippen LogP contribution in [0.2, 0.25) is 0 Å². The minimum absolute atomic E-state index is 0.112. The first-order chi connectivity index (χ1) is 19.8. The summed E-state index contributed by atoms with van der Waals surface area (Å²) >= 11 is 0. The summed E-state index contributed by atoms with van der Waals surface area (Å²) in [6.07, 6.45) is -0.338. The van der Waals surface area contributed by atoms with E-state index in [4.69, 9.17) is 9.47 Å². The summed E-state index contributed by atoms with van der Waals surface area (Å²) in [7, 11) is 0. The van der Waals surface area contributed by atoms with Gasteiger partial charge in [-0.3, -0.25) is 9.59 Å². The van der Waals surface area contributed by atoms with Crippen molar-refractivity contribution in [3.63, 3.8) is 0 Å². The summed E-state index contributed by atoms with van der Waals surface area (Å²) in [5, 5.41) is 12.4. The van der Waals surface area contributed by atoms with Crippen LogP contribution in [0.15, 0.2) is 78.9 Å². The second-order valence-electron chi connectivity index (χ2n) is 10.8. The van der Waals surface area contributed by atoms with Gasteiger partial charge in [-0.05, 0) is 54.5 Å². The van der Waals surface area contributed by atoms with Crippen LogP contribution < -0.4 is 5.32 Å². The van der Waals surface area contributed by atoms with Crippen LogP contribution in [0.5, 0.6) is 0 Å². The first-order valence-corrected chi connectivity index (χ1v) is 14.2. The van der Waals surface area contributed by atoms with E-state index in [1.165, 1.54) is 0 Å². The number of carboxylic acids is 1. The number of benzene rings is 3. The maximum atomic E-state index is 13.8. The van der Waals surface area contributed by atoms with E-state index in [-0.39, 0.29) is 25.0 Å². The van der Waals surface area contributed by atoms with E-state index in [1.54, 1.807) is 18.7 Å². The quantitative estimate of drug-likeness (QED) is 0.375. The Hall–Kier alpha value is -4.17.